The molecule has 1 aromatic heterocycles. The summed E-state index contributed by atoms with van der Waals surface area (Å²) in [6.07, 6.45) is 5.60. The molecule has 2 aromatic rings. The van der Waals surface area contributed by atoms with Crippen molar-refractivity contribution in [1.82, 2.24) is 9.97 Å². The van der Waals surface area contributed by atoms with Crippen LogP contribution < -0.4 is 16.4 Å². The van der Waals surface area contributed by atoms with Gasteiger partial charge in [0.1, 0.15) is 12.0 Å². The summed E-state index contributed by atoms with van der Waals surface area (Å²) in [4.78, 5) is 19.6. The zero-order chi connectivity index (χ0) is 20.8. The predicted molar refractivity (Wildman–Crippen MR) is 109 cm³/mol. The van der Waals surface area contributed by atoms with E-state index in [1.54, 1.807) is 13.0 Å². The van der Waals surface area contributed by atoms with Crippen molar-refractivity contribution >= 4 is 17.5 Å². The van der Waals surface area contributed by atoms with Crippen LogP contribution >= 0.6 is 0 Å². The van der Waals surface area contributed by atoms with Crippen LogP contribution in [0.5, 0.6) is 0 Å². The molecule has 0 aliphatic heterocycles. The summed E-state index contributed by atoms with van der Waals surface area (Å²) in [5.41, 5.74) is 7.03. The molecule has 1 aliphatic rings. The molecule has 1 aromatic carbocycles. The highest BCUT2D eigenvalue weighted by Crippen LogP contribution is 2.29. The van der Waals surface area contributed by atoms with Crippen LogP contribution in [0, 0.1) is 29.5 Å². The van der Waals surface area contributed by atoms with Crippen molar-refractivity contribution in [3.05, 3.63) is 46.2 Å². The van der Waals surface area contributed by atoms with Crippen molar-refractivity contribution in [2.45, 2.75) is 39.2 Å². The van der Waals surface area contributed by atoms with Crippen LogP contribution in [0.1, 0.15) is 36.8 Å². The Morgan fingerprint density at radius 1 is 1.24 bits per heavy atom. The molecular weight excluding hydrogens is 375 g/mol. The lowest BCUT2D eigenvalue weighted by Gasteiger charge is -2.27. The number of nitrogens with two attached hydrogens (primary N) is 1. The number of anilines is 2. The number of hydrogen-bond acceptors (Lipinski definition) is 6. The summed E-state index contributed by atoms with van der Waals surface area (Å²) in [6, 6.07) is 4.99. The SMILES string of the molecule is Cc1ccc(CNc2ncc([N+](=O)O)c(NCC3CCC(CN)CC3)n2)cc1F. The molecule has 0 atom stereocenters. The van der Waals surface area contributed by atoms with Gasteiger partial charge in [0, 0.05) is 13.1 Å². The zero-order valence-corrected chi connectivity index (χ0v) is 16.6. The molecule has 8 nitrogen and oxygen atoms in total. The molecule has 0 amide bonds. The average Bonchev–Trinajstić information content (AvgIpc) is 2.73. The lowest BCUT2D eigenvalue weighted by Crippen LogP contribution is -2.25. The number of benzene rings is 1. The lowest BCUT2D eigenvalue weighted by molar-refractivity contribution is -0.729. The lowest BCUT2D eigenvalue weighted by atomic mass is 9.82. The van der Waals surface area contributed by atoms with E-state index in [-0.39, 0.29) is 28.2 Å². The first-order valence-corrected chi connectivity index (χ1v) is 9.92. The molecule has 0 bridgehead atoms. The van der Waals surface area contributed by atoms with E-state index in [0.717, 1.165) is 37.8 Å². The van der Waals surface area contributed by atoms with E-state index in [1.165, 1.54) is 12.3 Å². The van der Waals surface area contributed by atoms with E-state index < -0.39 is 0 Å². The third-order valence-electron chi connectivity index (χ3n) is 5.52. The molecule has 0 radical (unpaired) electrons. The normalized spacial score (nSPS) is 19.0. The fourth-order valence-corrected chi connectivity index (χ4v) is 3.57. The first kappa shape index (κ1) is 20.9. The quantitative estimate of drug-likeness (QED) is 0.498. The van der Waals surface area contributed by atoms with E-state index in [4.69, 9.17) is 5.73 Å². The van der Waals surface area contributed by atoms with Crippen molar-refractivity contribution < 1.29 is 14.5 Å². The zero-order valence-electron chi connectivity index (χ0n) is 16.6. The molecule has 3 rings (SSSR count). The number of rotatable bonds is 8. The van der Waals surface area contributed by atoms with E-state index in [1.807, 2.05) is 6.07 Å². The van der Waals surface area contributed by atoms with Crippen molar-refractivity contribution in [3.63, 3.8) is 0 Å². The van der Waals surface area contributed by atoms with Gasteiger partial charge in [-0.1, -0.05) is 12.1 Å². The molecule has 1 saturated carbocycles. The number of aryl methyl sites for hydroxylation is 1. The van der Waals surface area contributed by atoms with Gasteiger partial charge in [-0.2, -0.15) is 4.98 Å². The van der Waals surface area contributed by atoms with Crippen LogP contribution in [0.25, 0.3) is 0 Å². The van der Waals surface area contributed by atoms with Crippen molar-refractivity contribution in [1.29, 1.82) is 0 Å². The van der Waals surface area contributed by atoms with E-state index in [0.29, 0.717) is 30.5 Å². The Balaban J connectivity index is 1.64. The Hall–Kier alpha value is -2.81. The van der Waals surface area contributed by atoms with Gasteiger partial charge in [0.25, 0.3) is 4.92 Å². The first-order chi connectivity index (χ1) is 14.0. The number of halogens is 1. The molecule has 0 spiro atoms. The third-order valence-corrected chi connectivity index (χ3v) is 5.52. The fourth-order valence-electron chi connectivity index (χ4n) is 3.57. The molecule has 29 heavy (non-hydrogen) atoms. The maximum Gasteiger partial charge on any atom is 0.376 e. The van der Waals surface area contributed by atoms with Gasteiger partial charge in [-0.05, 0) is 68.2 Å². The van der Waals surface area contributed by atoms with Gasteiger partial charge in [-0.25, -0.2) is 14.6 Å². The van der Waals surface area contributed by atoms with Gasteiger partial charge in [0.05, 0.1) is 4.91 Å². The van der Waals surface area contributed by atoms with Crippen LogP contribution in [-0.4, -0.2) is 33.2 Å². The standard InChI is InChI=1S/C20H28FN6O2/c1-13-2-3-16(8-17(13)21)11-24-20-25-12-18(27(28)29)19(26-20)23-10-15-6-4-14(9-22)5-7-15/h2-3,8,12,14-15H,4-7,9-11,22H2,1H3,(H,28,29)(H2,23,24,25,26)/q+1. The minimum Gasteiger partial charge on any atom is -0.364 e. The average molecular weight is 403 g/mol. The second-order valence-corrected chi connectivity index (χ2v) is 7.64. The molecule has 9 heteroatoms. The van der Waals surface area contributed by atoms with Crippen molar-refractivity contribution in [3.8, 4) is 0 Å². The van der Waals surface area contributed by atoms with Crippen LogP contribution in [0.3, 0.4) is 0 Å². The van der Waals surface area contributed by atoms with Crippen LogP contribution in [0.15, 0.2) is 24.4 Å². The smallest absolute Gasteiger partial charge is 0.364 e. The molecule has 0 saturated heterocycles. The number of nitrogens with zero attached hydrogens (tertiary/aromatic N) is 3. The van der Waals surface area contributed by atoms with Gasteiger partial charge in [0.2, 0.25) is 11.8 Å². The minimum atomic E-state index is -0.269. The van der Waals surface area contributed by atoms with Gasteiger partial charge < -0.3 is 16.4 Å². The summed E-state index contributed by atoms with van der Waals surface area (Å²) < 4.78 is 13.7. The number of aromatic nitrogens is 2. The molecular formula is C20H28FN6O2+. The van der Waals surface area contributed by atoms with Crippen LogP contribution in [0.4, 0.5) is 21.8 Å². The van der Waals surface area contributed by atoms with Gasteiger partial charge in [-0.3, -0.25) is 0 Å². The molecule has 5 N–H and O–H groups in total. The Morgan fingerprint density at radius 2 is 1.97 bits per heavy atom. The monoisotopic (exact) mass is 403 g/mol. The second kappa shape index (κ2) is 9.60. The molecule has 1 aliphatic carbocycles. The maximum atomic E-state index is 13.7. The highest BCUT2D eigenvalue weighted by molar-refractivity contribution is 5.56. The fraction of sp³-hybridized carbons (Fsp3) is 0.500. The largest absolute Gasteiger partial charge is 0.376 e. The Morgan fingerprint density at radius 3 is 2.62 bits per heavy atom. The maximum absolute atomic E-state index is 13.7. The second-order valence-electron chi connectivity index (χ2n) is 7.64. The molecule has 1 heterocycles. The van der Waals surface area contributed by atoms with Crippen LogP contribution in [0.2, 0.25) is 0 Å². The van der Waals surface area contributed by atoms with Gasteiger partial charge >= 0.3 is 5.69 Å². The van der Waals surface area contributed by atoms with Crippen LogP contribution in [-0.2, 0) is 6.54 Å². The highest BCUT2D eigenvalue weighted by Gasteiger charge is 2.24. The number of nitrogens with one attached hydrogen (secondary N) is 2. The third kappa shape index (κ3) is 5.60. The molecule has 1 fully saturated rings. The molecule has 0 unspecified atom stereocenters. The predicted octanol–water partition coefficient (Wildman–Crippen LogP) is 3.51. The van der Waals surface area contributed by atoms with E-state index >= 15 is 0 Å². The van der Waals surface area contributed by atoms with E-state index in [2.05, 4.69) is 20.6 Å². The van der Waals surface area contributed by atoms with E-state index in [9.17, 15) is 14.5 Å². The summed E-state index contributed by atoms with van der Waals surface area (Å²) in [5.74, 6) is 1.33. The van der Waals surface area contributed by atoms with Crippen molar-refractivity contribution in [2.24, 2.45) is 17.6 Å². The molecule has 156 valence electrons. The first-order valence-electron chi connectivity index (χ1n) is 9.92. The Bertz CT molecular complexity index is 855. The van der Waals surface area contributed by atoms with Gasteiger partial charge in [-0.15, -0.1) is 0 Å². The number of hydrogen-bond donors (Lipinski definition) is 4. The summed E-state index contributed by atoms with van der Waals surface area (Å²) >= 11 is 0. The minimum absolute atomic E-state index is 0.0485. The highest BCUT2D eigenvalue weighted by atomic mass is 19.1. The van der Waals surface area contributed by atoms with Gasteiger partial charge in [0.15, 0.2) is 0 Å². The summed E-state index contributed by atoms with van der Waals surface area (Å²) in [6.45, 7) is 3.42. The van der Waals surface area contributed by atoms with Crippen molar-refractivity contribution in [2.75, 3.05) is 23.7 Å². The Labute approximate surface area is 169 Å². The summed E-state index contributed by atoms with van der Waals surface area (Å²) in [5, 5.41) is 15.5. The topological polar surface area (TPSA) is 116 Å². The Kier molecular flexibility index (Phi) is 6.92. The summed E-state index contributed by atoms with van der Waals surface area (Å²) in [7, 11) is 0.